The fourth-order valence-corrected chi connectivity index (χ4v) is 5.21. The van der Waals surface area contributed by atoms with Gasteiger partial charge in [0.1, 0.15) is 0 Å². The predicted octanol–water partition coefficient (Wildman–Crippen LogP) is 5.61. The van der Waals surface area contributed by atoms with E-state index in [9.17, 15) is 5.11 Å². The highest BCUT2D eigenvalue weighted by atomic mass is 16.3. The van der Waals surface area contributed by atoms with Gasteiger partial charge in [-0.2, -0.15) is 0 Å². The maximum Gasteiger partial charge on any atom is 0.0679 e. The molecule has 0 heterocycles. The number of aliphatic hydroxyl groups excluding tert-OH is 1. The number of likely N-dealkylation sites (N-methyl/N-ethyl adjacent to an activating group) is 1. The van der Waals surface area contributed by atoms with Crippen LogP contribution in [0.3, 0.4) is 0 Å². The van der Waals surface area contributed by atoms with Crippen molar-refractivity contribution in [2.45, 2.75) is 127 Å². The molecule has 160 valence electrons. The fraction of sp³-hybridized carbons (Fsp3) is 1.00. The van der Waals surface area contributed by atoms with Crippen LogP contribution >= 0.6 is 0 Å². The third kappa shape index (κ3) is 9.76. The first-order chi connectivity index (χ1) is 13.2. The normalized spacial score (nSPS) is 23.9. The fourth-order valence-electron chi connectivity index (χ4n) is 5.21. The Hall–Kier alpha value is -0.120. The molecule has 27 heavy (non-hydrogen) atoms. The summed E-state index contributed by atoms with van der Waals surface area (Å²) in [5.41, 5.74) is 0. The predicted molar refractivity (Wildman–Crippen MR) is 117 cm³/mol. The summed E-state index contributed by atoms with van der Waals surface area (Å²) in [6.07, 6.45) is 23.0. The molecule has 2 aliphatic rings. The van der Waals surface area contributed by atoms with Crippen LogP contribution in [0.1, 0.15) is 109 Å². The zero-order valence-electron chi connectivity index (χ0n) is 18.5. The van der Waals surface area contributed by atoms with Crippen molar-refractivity contribution in [2.75, 3.05) is 27.2 Å². The van der Waals surface area contributed by atoms with Crippen molar-refractivity contribution >= 4 is 0 Å². The standard InChI is InChI=1S/C24H48N2O/c1-25(22-15-11-7-3-4-8-12-16-22)20-19-24(27)21-26(2)23-17-13-9-5-6-10-14-18-23/h22-24,27H,3-21H2,1-2H3. The number of hydrogen-bond donors (Lipinski definition) is 1. The van der Waals surface area contributed by atoms with Crippen LogP contribution in [0, 0.1) is 0 Å². The summed E-state index contributed by atoms with van der Waals surface area (Å²) < 4.78 is 0. The molecule has 3 heteroatoms. The second kappa shape index (κ2) is 14.0. The van der Waals surface area contributed by atoms with E-state index >= 15 is 0 Å². The van der Waals surface area contributed by atoms with Crippen molar-refractivity contribution in [1.29, 1.82) is 0 Å². The van der Waals surface area contributed by atoms with Gasteiger partial charge in [0, 0.05) is 25.2 Å². The Morgan fingerprint density at radius 2 is 1.00 bits per heavy atom. The Labute approximate surface area is 169 Å². The highest BCUT2D eigenvalue weighted by Gasteiger charge is 2.20. The van der Waals surface area contributed by atoms with E-state index in [-0.39, 0.29) is 6.10 Å². The molecule has 0 radical (unpaired) electrons. The summed E-state index contributed by atoms with van der Waals surface area (Å²) in [6, 6.07) is 1.42. The minimum atomic E-state index is -0.179. The van der Waals surface area contributed by atoms with Crippen molar-refractivity contribution in [3.8, 4) is 0 Å². The Bertz CT molecular complexity index is 342. The van der Waals surface area contributed by atoms with Crippen LogP contribution in [0.15, 0.2) is 0 Å². The zero-order valence-corrected chi connectivity index (χ0v) is 18.5. The highest BCUT2D eigenvalue weighted by Crippen LogP contribution is 2.22. The Kier molecular flexibility index (Phi) is 12.0. The summed E-state index contributed by atoms with van der Waals surface area (Å²) in [4.78, 5) is 5.02. The van der Waals surface area contributed by atoms with E-state index in [0.717, 1.165) is 25.6 Å². The van der Waals surface area contributed by atoms with Crippen LogP contribution in [-0.4, -0.2) is 60.3 Å². The molecule has 0 aromatic heterocycles. The highest BCUT2D eigenvalue weighted by molar-refractivity contribution is 4.76. The van der Waals surface area contributed by atoms with Gasteiger partial charge in [0.15, 0.2) is 0 Å². The molecule has 0 aliphatic heterocycles. The van der Waals surface area contributed by atoms with Gasteiger partial charge in [0.2, 0.25) is 0 Å². The van der Waals surface area contributed by atoms with Crippen molar-refractivity contribution in [3.05, 3.63) is 0 Å². The molecule has 0 amide bonds. The monoisotopic (exact) mass is 380 g/mol. The molecule has 1 atom stereocenters. The summed E-state index contributed by atoms with van der Waals surface area (Å²) in [5, 5.41) is 10.7. The van der Waals surface area contributed by atoms with Crippen LogP contribution < -0.4 is 0 Å². The van der Waals surface area contributed by atoms with E-state index in [0.29, 0.717) is 6.04 Å². The molecule has 0 aromatic rings. The SMILES string of the molecule is CN(CCC(O)CN(C)C1CCCCCCCC1)C1CCCCCCCC1. The summed E-state index contributed by atoms with van der Waals surface area (Å²) >= 11 is 0. The van der Waals surface area contributed by atoms with Gasteiger partial charge in [-0.3, -0.25) is 0 Å². The minimum absolute atomic E-state index is 0.179. The van der Waals surface area contributed by atoms with E-state index < -0.39 is 0 Å². The van der Waals surface area contributed by atoms with Crippen LogP contribution in [-0.2, 0) is 0 Å². The van der Waals surface area contributed by atoms with Gasteiger partial charge in [-0.15, -0.1) is 0 Å². The maximum atomic E-state index is 10.7. The van der Waals surface area contributed by atoms with E-state index in [1.165, 1.54) is 103 Å². The van der Waals surface area contributed by atoms with Crippen LogP contribution in [0.2, 0.25) is 0 Å². The molecule has 2 saturated carbocycles. The zero-order chi connectivity index (χ0) is 19.3. The van der Waals surface area contributed by atoms with E-state index in [1.54, 1.807) is 0 Å². The van der Waals surface area contributed by atoms with Crippen LogP contribution in [0.5, 0.6) is 0 Å². The van der Waals surface area contributed by atoms with Gasteiger partial charge in [-0.05, 0) is 46.2 Å². The third-order valence-corrected chi connectivity index (χ3v) is 7.21. The second-order valence-electron chi connectivity index (χ2n) is 9.57. The first-order valence-corrected chi connectivity index (χ1v) is 12.3. The number of hydrogen-bond acceptors (Lipinski definition) is 3. The lowest BCUT2D eigenvalue weighted by Crippen LogP contribution is -2.40. The van der Waals surface area contributed by atoms with E-state index in [2.05, 4.69) is 23.9 Å². The molecule has 2 aliphatic carbocycles. The number of rotatable bonds is 7. The Morgan fingerprint density at radius 3 is 1.44 bits per heavy atom. The third-order valence-electron chi connectivity index (χ3n) is 7.21. The van der Waals surface area contributed by atoms with Crippen molar-refractivity contribution in [2.24, 2.45) is 0 Å². The van der Waals surface area contributed by atoms with Gasteiger partial charge in [0.05, 0.1) is 6.10 Å². The van der Waals surface area contributed by atoms with Crippen LogP contribution in [0.4, 0.5) is 0 Å². The largest absolute Gasteiger partial charge is 0.392 e. The van der Waals surface area contributed by atoms with Gasteiger partial charge in [-0.1, -0.05) is 77.0 Å². The van der Waals surface area contributed by atoms with Crippen LogP contribution in [0.25, 0.3) is 0 Å². The molecule has 0 bridgehead atoms. The average molecular weight is 381 g/mol. The molecule has 2 rings (SSSR count). The molecule has 2 fully saturated rings. The molecule has 0 saturated heterocycles. The van der Waals surface area contributed by atoms with E-state index in [4.69, 9.17) is 0 Å². The van der Waals surface area contributed by atoms with Crippen molar-refractivity contribution in [1.82, 2.24) is 9.80 Å². The van der Waals surface area contributed by atoms with Crippen molar-refractivity contribution < 1.29 is 5.11 Å². The van der Waals surface area contributed by atoms with Gasteiger partial charge < -0.3 is 14.9 Å². The summed E-state index contributed by atoms with van der Waals surface area (Å²) in [7, 11) is 4.53. The molecule has 3 nitrogen and oxygen atoms in total. The quantitative estimate of drug-likeness (QED) is 0.622. The maximum absolute atomic E-state index is 10.7. The lowest BCUT2D eigenvalue weighted by atomic mass is 10.0. The van der Waals surface area contributed by atoms with Crippen molar-refractivity contribution in [3.63, 3.8) is 0 Å². The molecule has 1 N–H and O–H groups in total. The molecule has 1 unspecified atom stereocenters. The average Bonchev–Trinajstić information content (AvgIpc) is 2.89. The van der Waals surface area contributed by atoms with Gasteiger partial charge in [0.25, 0.3) is 0 Å². The minimum Gasteiger partial charge on any atom is -0.392 e. The second-order valence-corrected chi connectivity index (χ2v) is 9.57. The molecule has 0 aromatic carbocycles. The smallest absolute Gasteiger partial charge is 0.0679 e. The topological polar surface area (TPSA) is 26.7 Å². The van der Waals surface area contributed by atoms with Gasteiger partial charge in [-0.25, -0.2) is 0 Å². The lowest BCUT2D eigenvalue weighted by Gasteiger charge is -2.32. The Morgan fingerprint density at radius 1 is 0.630 bits per heavy atom. The van der Waals surface area contributed by atoms with Gasteiger partial charge >= 0.3 is 0 Å². The number of nitrogens with zero attached hydrogens (tertiary/aromatic N) is 2. The first-order valence-electron chi connectivity index (χ1n) is 12.3. The Balaban J connectivity index is 1.69. The number of aliphatic hydroxyl groups is 1. The molecule has 0 spiro atoms. The molecular formula is C24H48N2O. The first kappa shape index (κ1) is 23.2. The van der Waals surface area contributed by atoms with E-state index in [1.807, 2.05) is 0 Å². The lowest BCUT2D eigenvalue weighted by molar-refractivity contribution is 0.0776. The summed E-state index contributed by atoms with van der Waals surface area (Å²) in [6.45, 7) is 1.90. The summed E-state index contributed by atoms with van der Waals surface area (Å²) in [5.74, 6) is 0. The molecular weight excluding hydrogens is 332 g/mol.